The van der Waals surface area contributed by atoms with Crippen molar-refractivity contribution >= 4 is 5.97 Å². The third-order valence-corrected chi connectivity index (χ3v) is 5.25. The topological polar surface area (TPSA) is 57.5 Å². The summed E-state index contributed by atoms with van der Waals surface area (Å²) in [5.41, 5.74) is 4.66. The van der Waals surface area contributed by atoms with Gasteiger partial charge in [-0.1, -0.05) is 55.4 Å². The zero-order valence-electron chi connectivity index (χ0n) is 17.0. The van der Waals surface area contributed by atoms with Crippen LogP contribution in [0.3, 0.4) is 0 Å². The van der Waals surface area contributed by atoms with Crippen LogP contribution in [0.2, 0.25) is 0 Å². The average molecular weight is 359 g/mol. The van der Waals surface area contributed by atoms with Crippen molar-refractivity contribution in [3.05, 3.63) is 58.7 Å². The first kappa shape index (κ1) is 22.2. The molecule has 0 fully saturated rings. The monoisotopic (exact) mass is 358 g/mol. The molecule has 0 aromatic carbocycles. The number of aliphatic hydroxyl groups is 1. The quantitative estimate of drug-likeness (QED) is 0.460. The Morgan fingerprint density at radius 2 is 1.92 bits per heavy atom. The summed E-state index contributed by atoms with van der Waals surface area (Å²) < 4.78 is 0. The summed E-state index contributed by atoms with van der Waals surface area (Å²) in [5, 5.41) is 18.5. The SMILES string of the molecule is CC1=C(/C=C/C(C)=C\C=C\C(C)=C\C(=O)O)C(C)(C)C(CC(C)O)CC1. The molecule has 0 spiro atoms. The van der Waals surface area contributed by atoms with Crippen LogP contribution in [-0.4, -0.2) is 22.3 Å². The van der Waals surface area contributed by atoms with Crippen molar-refractivity contribution in [3.8, 4) is 0 Å². The van der Waals surface area contributed by atoms with Crippen molar-refractivity contribution in [1.82, 2.24) is 0 Å². The van der Waals surface area contributed by atoms with Gasteiger partial charge in [-0.15, -0.1) is 0 Å². The summed E-state index contributed by atoms with van der Waals surface area (Å²) >= 11 is 0. The molecule has 0 aromatic rings. The predicted octanol–water partition coefficient (Wildman–Crippen LogP) is 5.60. The van der Waals surface area contributed by atoms with Gasteiger partial charge in [0.2, 0.25) is 0 Å². The van der Waals surface area contributed by atoms with Crippen molar-refractivity contribution in [3.63, 3.8) is 0 Å². The van der Waals surface area contributed by atoms with Crippen molar-refractivity contribution in [2.75, 3.05) is 0 Å². The van der Waals surface area contributed by atoms with Gasteiger partial charge in [0.1, 0.15) is 0 Å². The van der Waals surface area contributed by atoms with E-state index in [1.54, 1.807) is 13.0 Å². The van der Waals surface area contributed by atoms with Gasteiger partial charge in [0.15, 0.2) is 0 Å². The van der Waals surface area contributed by atoms with Gasteiger partial charge in [-0.3, -0.25) is 0 Å². The molecule has 3 nitrogen and oxygen atoms in total. The minimum Gasteiger partial charge on any atom is -0.478 e. The Morgan fingerprint density at radius 1 is 1.27 bits per heavy atom. The Balaban J connectivity index is 2.92. The zero-order chi connectivity index (χ0) is 19.9. The summed E-state index contributed by atoms with van der Waals surface area (Å²) in [6.45, 7) is 12.4. The lowest BCUT2D eigenvalue weighted by molar-refractivity contribution is -0.131. The van der Waals surface area contributed by atoms with E-state index in [1.165, 1.54) is 17.2 Å². The molecule has 0 aliphatic heterocycles. The van der Waals surface area contributed by atoms with E-state index in [4.69, 9.17) is 5.11 Å². The standard InChI is InChI=1S/C23H34O3/c1-16(8-7-9-17(2)14-22(25)26)10-13-21-18(3)11-12-20(15-19(4)24)23(21,5)6/h7-10,13-14,19-20,24H,11-12,15H2,1-6H3,(H,25,26)/b9-7+,13-10+,16-8-,17-14+. The molecule has 144 valence electrons. The van der Waals surface area contributed by atoms with E-state index < -0.39 is 5.97 Å². The molecular weight excluding hydrogens is 324 g/mol. The molecule has 1 aliphatic rings. The lowest BCUT2D eigenvalue weighted by atomic mass is 9.64. The molecule has 0 radical (unpaired) electrons. The fraction of sp³-hybridized carbons (Fsp3) is 0.522. The van der Waals surface area contributed by atoms with E-state index in [0.29, 0.717) is 11.5 Å². The molecule has 3 heteroatoms. The minimum atomic E-state index is -0.929. The lowest BCUT2D eigenvalue weighted by Crippen LogP contribution is -2.32. The number of hydrogen-bond acceptors (Lipinski definition) is 2. The van der Waals surface area contributed by atoms with E-state index in [2.05, 4.69) is 32.9 Å². The Hall–Kier alpha value is -1.87. The first-order valence-corrected chi connectivity index (χ1v) is 9.36. The fourth-order valence-corrected chi connectivity index (χ4v) is 3.70. The number of aliphatic hydroxyl groups excluding tert-OH is 1. The smallest absolute Gasteiger partial charge is 0.328 e. The van der Waals surface area contributed by atoms with E-state index >= 15 is 0 Å². The van der Waals surface area contributed by atoms with Gasteiger partial charge >= 0.3 is 5.97 Å². The maximum atomic E-state index is 10.6. The van der Waals surface area contributed by atoms with Crippen LogP contribution in [0.4, 0.5) is 0 Å². The van der Waals surface area contributed by atoms with Gasteiger partial charge in [0.05, 0.1) is 6.10 Å². The van der Waals surface area contributed by atoms with Crippen LogP contribution in [0.1, 0.15) is 60.8 Å². The van der Waals surface area contributed by atoms with Crippen molar-refractivity contribution < 1.29 is 15.0 Å². The average Bonchev–Trinajstić information content (AvgIpc) is 2.48. The molecule has 0 amide bonds. The number of allylic oxidation sites excluding steroid dienone is 9. The second-order valence-corrected chi connectivity index (χ2v) is 8.07. The van der Waals surface area contributed by atoms with Gasteiger partial charge in [-0.05, 0) is 69.4 Å². The van der Waals surface area contributed by atoms with Crippen LogP contribution in [0.5, 0.6) is 0 Å². The second kappa shape index (κ2) is 9.72. The van der Waals surface area contributed by atoms with E-state index in [0.717, 1.165) is 24.8 Å². The largest absolute Gasteiger partial charge is 0.478 e. The molecule has 0 aromatic heterocycles. The number of hydrogen-bond donors (Lipinski definition) is 2. The van der Waals surface area contributed by atoms with Crippen LogP contribution in [0.25, 0.3) is 0 Å². The maximum absolute atomic E-state index is 10.6. The minimum absolute atomic E-state index is 0.0484. The van der Waals surface area contributed by atoms with Crippen LogP contribution in [0.15, 0.2) is 58.7 Å². The molecule has 0 heterocycles. The lowest BCUT2D eigenvalue weighted by Gasteiger charge is -2.41. The third kappa shape index (κ3) is 6.80. The first-order valence-electron chi connectivity index (χ1n) is 9.36. The van der Waals surface area contributed by atoms with E-state index in [-0.39, 0.29) is 11.5 Å². The van der Waals surface area contributed by atoms with Gasteiger partial charge in [0, 0.05) is 6.08 Å². The van der Waals surface area contributed by atoms with E-state index in [1.807, 2.05) is 26.0 Å². The third-order valence-electron chi connectivity index (χ3n) is 5.25. The molecule has 2 N–H and O–H groups in total. The summed E-state index contributed by atoms with van der Waals surface area (Å²) in [4.78, 5) is 10.6. The van der Waals surface area contributed by atoms with Crippen LogP contribution in [-0.2, 0) is 4.79 Å². The Labute approximate surface area is 158 Å². The molecule has 0 saturated carbocycles. The Kier molecular flexibility index (Phi) is 8.29. The van der Waals surface area contributed by atoms with Crippen LogP contribution in [0, 0.1) is 11.3 Å². The van der Waals surface area contributed by atoms with Crippen molar-refractivity contribution in [2.24, 2.45) is 11.3 Å². The Bertz CT molecular complexity index is 655. The summed E-state index contributed by atoms with van der Waals surface area (Å²) in [7, 11) is 0. The van der Waals surface area contributed by atoms with Gasteiger partial charge in [0.25, 0.3) is 0 Å². The van der Waals surface area contributed by atoms with E-state index in [9.17, 15) is 9.90 Å². The zero-order valence-corrected chi connectivity index (χ0v) is 17.0. The van der Waals surface area contributed by atoms with Crippen molar-refractivity contribution in [1.29, 1.82) is 0 Å². The number of rotatable bonds is 7. The second-order valence-electron chi connectivity index (χ2n) is 8.07. The summed E-state index contributed by atoms with van der Waals surface area (Å²) in [5.74, 6) is -0.444. The summed E-state index contributed by atoms with van der Waals surface area (Å²) in [6.07, 6.45) is 14.0. The van der Waals surface area contributed by atoms with Crippen LogP contribution < -0.4 is 0 Å². The summed E-state index contributed by atoms with van der Waals surface area (Å²) in [6, 6.07) is 0. The number of carbonyl (C=O) groups is 1. The number of carboxylic acids is 1. The van der Waals surface area contributed by atoms with Gasteiger partial charge in [-0.25, -0.2) is 4.79 Å². The normalized spacial score (nSPS) is 23.1. The number of carboxylic acid groups (broad SMARTS) is 1. The van der Waals surface area contributed by atoms with Gasteiger partial charge < -0.3 is 10.2 Å². The number of aliphatic carboxylic acids is 1. The molecule has 0 saturated heterocycles. The molecule has 2 atom stereocenters. The van der Waals surface area contributed by atoms with Crippen molar-refractivity contribution in [2.45, 2.75) is 66.9 Å². The highest BCUT2D eigenvalue weighted by atomic mass is 16.4. The molecule has 1 aliphatic carbocycles. The Morgan fingerprint density at radius 3 is 2.50 bits per heavy atom. The van der Waals surface area contributed by atoms with Gasteiger partial charge in [-0.2, -0.15) is 0 Å². The highest BCUT2D eigenvalue weighted by molar-refractivity contribution is 5.81. The first-order chi connectivity index (χ1) is 12.0. The highest BCUT2D eigenvalue weighted by Gasteiger charge is 2.36. The maximum Gasteiger partial charge on any atom is 0.328 e. The molecule has 0 bridgehead atoms. The molecule has 1 rings (SSSR count). The van der Waals surface area contributed by atoms with Crippen LogP contribution >= 0.6 is 0 Å². The molecule has 2 unspecified atom stereocenters. The predicted molar refractivity (Wildman–Crippen MR) is 109 cm³/mol. The molecular formula is C23H34O3. The molecule has 26 heavy (non-hydrogen) atoms. The fourth-order valence-electron chi connectivity index (χ4n) is 3.70. The highest BCUT2D eigenvalue weighted by Crippen LogP contribution is 2.47.